The number of amides is 3. The van der Waals surface area contributed by atoms with Crippen molar-refractivity contribution in [3.8, 4) is 0 Å². The number of carbonyl (C=O) groups excluding carboxylic acids is 2. The van der Waals surface area contributed by atoms with Gasteiger partial charge in [-0.1, -0.05) is 0 Å². The second kappa shape index (κ2) is 12.2. The molecule has 3 amide bonds. The van der Waals surface area contributed by atoms with Crippen LogP contribution in [0.1, 0.15) is 6.42 Å². The van der Waals surface area contributed by atoms with E-state index in [1.807, 2.05) is 0 Å². The third-order valence-electron chi connectivity index (χ3n) is 2.02. The molecule has 0 unspecified atom stereocenters. The van der Waals surface area contributed by atoms with Crippen molar-refractivity contribution in [2.75, 3.05) is 46.6 Å². The van der Waals surface area contributed by atoms with Crippen LogP contribution in [0.3, 0.4) is 0 Å². The Morgan fingerprint density at radius 3 is 2.30 bits per heavy atom. The molecule has 0 atom stereocenters. The molecular formula is C11H21N3O6. The molecule has 9 nitrogen and oxygen atoms in total. The summed E-state index contributed by atoms with van der Waals surface area (Å²) in [5.74, 6) is -1.24. The van der Waals surface area contributed by atoms with E-state index in [0.29, 0.717) is 13.2 Å². The van der Waals surface area contributed by atoms with Crippen LogP contribution in [0.2, 0.25) is 0 Å². The van der Waals surface area contributed by atoms with Gasteiger partial charge in [0.1, 0.15) is 6.61 Å². The first kappa shape index (κ1) is 18.1. The van der Waals surface area contributed by atoms with Crippen molar-refractivity contribution in [3.05, 3.63) is 0 Å². The van der Waals surface area contributed by atoms with E-state index in [1.165, 1.54) is 7.11 Å². The van der Waals surface area contributed by atoms with Crippen LogP contribution in [0, 0.1) is 0 Å². The second-order valence-corrected chi connectivity index (χ2v) is 3.72. The van der Waals surface area contributed by atoms with Crippen LogP contribution in [0.5, 0.6) is 0 Å². The maximum Gasteiger partial charge on any atom is 0.329 e. The molecule has 0 aliphatic rings. The van der Waals surface area contributed by atoms with Crippen molar-refractivity contribution in [2.24, 2.45) is 0 Å². The Morgan fingerprint density at radius 2 is 1.65 bits per heavy atom. The Kier molecular flexibility index (Phi) is 11.0. The highest BCUT2D eigenvalue weighted by molar-refractivity contribution is 5.78. The third-order valence-corrected chi connectivity index (χ3v) is 2.02. The predicted octanol–water partition coefficient (Wildman–Crippen LogP) is -1.46. The predicted molar refractivity (Wildman–Crippen MR) is 69.4 cm³/mol. The zero-order chi connectivity index (χ0) is 15.2. The van der Waals surface area contributed by atoms with Crippen LogP contribution in [0.25, 0.3) is 0 Å². The van der Waals surface area contributed by atoms with Gasteiger partial charge < -0.3 is 30.5 Å². The average molecular weight is 291 g/mol. The van der Waals surface area contributed by atoms with Crippen LogP contribution in [-0.2, 0) is 19.1 Å². The van der Waals surface area contributed by atoms with Gasteiger partial charge in [0.2, 0.25) is 5.91 Å². The highest BCUT2D eigenvalue weighted by atomic mass is 16.5. The fourth-order valence-electron chi connectivity index (χ4n) is 1.13. The molecule has 0 radical (unpaired) electrons. The zero-order valence-electron chi connectivity index (χ0n) is 11.4. The molecule has 0 spiro atoms. The SMILES string of the molecule is COCCNC(=O)CCNC(=O)NCCOCC(=O)O. The number of nitrogens with one attached hydrogen (secondary N) is 3. The van der Waals surface area contributed by atoms with E-state index in [4.69, 9.17) is 14.6 Å². The molecule has 9 heteroatoms. The summed E-state index contributed by atoms with van der Waals surface area (Å²) in [4.78, 5) is 32.6. The second-order valence-electron chi connectivity index (χ2n) is 3.72. The summed E-state index contributed by atoms with van der Waals surface area (Å²) in [5.41, 5.74) is 0. The zero-order valence-corrected chi connectivity index (χ0v) is 11.4. The van der Waals surface area contributed by atoms with Gasteiger partial charge in [0.15, 0.2) is 0 Å². The molecule has 0 rings (SSSR count). The standard InChI is InChI=1S/C11H21N3O6/c1-19-6-4-12-9(15)2-3-13-11(18)14-5-7-20-8-10(16)17/h2-8H2,1H3,(H,12,15)(H,16,17)(H2,13,14,18). The minimum atomic E-state index is -1.06. The van der Waals surface area contributed by atoms with Crippen molar-refractivity contribution in [3.63, 3.8) is 0 Å². The van der Waals surface area contributed by atoms with Crippen molar-refractivity contribution in [2.45, 2.75) is 6.42 Å². The van der Waals surface area contributed by atoms with E-state index in [9.17, 15) is 14.4 Å². The van der Waals surface area contributed by atoms with Crippen molar-refractivity contribution in [1.82, 2.24) is 16.0 Å². The largest absolute Gasteiger partial charge is 0.480 e. The molecule has 0 aromatic heterocycles. The van der Waals surface area contributed by atoms with Crippen LogP contribution in [-0.4, -0.2) is 69.6 Å². The number of hydrogen-bond acceptors (Lipinski definition) is 5. The third kappa shape index (κ3) is 12.6. The molecule has 0 saturated carbocycles. The fraction of sp³-hybridized carbons (Fsp3) is 0.727. The number of urea groups is 1. The summed E-state index contributed by atoms with van der Waals surface area (Å²) in [5, 5.41) is 15.9. The van der Waals surface area contributed by atoms with Crippen molar-refractivity contribution >= 4 is 17.9 Å². The molecule has 0 aliphatic heterocycles. The van der Waals surface area contributed by atoms with E-state index in [2.05, 4.69) is 16.0 Å². The Bertz CT molecular complexity index is 311. The molecule has 116 valence electrons. The van der Waals surface area contributed by atoms with E-state index in [0.717, 1.165) is 0 Å². The molecule has 20 heavy (non-hydrogen) atoms. The lowest BCUT2D eigenvalue weighted by Crippen LogP contribution is -2.39. The van der Waals surface area contributed by atoms with Crippen molar-refractivity contribution < 1.29 is 29.0 Å². The molecule has 4 N–H and O–H groups in total. The lowest BCUT2D eigenvalue weighted by Gasteiger charge is -2.08. The minimum Gasteiger partial charge on any atom is -0.480 e. The van der Waals surface area contributed by atoms with Crippen LogP contribution < -0.4 is 16.0 Å². The molecule has 0 aromatic carbocycles. The first-order valence-corrected chi connectivity index (χ1v) is 6.13. The molecule has 0 aliphatic carbocycles. The molecule has 0 bridgehead atoms. The highest BCUT2D eigenvalue weighted by Gasteiger charge is 2.03. The van der Waals surface area contributed by atoms with Crippen LogP contribution in [0.4, 0.5) is 4.79 Å². The van der Waals surface area contributed by atoms with Crippen LogP contribution >= 0.6 is 0 Å². The Hall–Kier alpha value is -1.87. The van der Waals surface area contributed by atoms with Gasteiger partial charge in [-0.05, 0) is 0 Å². The summed E-state index contributed by atoms with van der Waals surface area (Å²) in [6.45, 7) is 0.987. The molecule has 0 aromatic rings. The highest BCUT2D eigenvalue weighted by Crippen LogP contribution is 1.79. The molecule has 0 heterocycles. The Labute approximate surface area is 117 Å². The Balaban J connectivity index is 3.40. The minimum absolute atomic E-state index is 0.108. The monoisotopic (exact) mass is 291 g/mol. The molecular weight excluding hydrogens is 270 g/mol. The van der Waals surface area contributed by atoms with Gasteiger partial charge in [-0.15, -0.1) is 0 Å². The maximum atomic E-state index is 11.2. The summed E-state index contributed by atoms with van der Waals surface area (Å²) >= 11 is 0. The number of rotatable bonds is 11. The summed E-state index contributed by atoms with van der Waals surface area (Å²) in [7, 11) is 1.54. The number of ether oxygens (including phenoxy) is 2. The van der Waals surface area contributed by atoms with E-state index >= 15 is 0 Å². The van der Waals surface area contributed by atoms with Gasteiger partial charge in [-0.2, -0.15) is 0 Å². The normalized spacial score (nSPS) is 9.85. The molecule has 0 saturated heterocycles. The van der Waals surface area contributed by atoms with Gasteiger partial charge in [0.05, 0.1) is 13.2 Å². The topological polar surface area (TPSA) is 126 Å². The van der Waals surface area contributed by atoms with Gasteiger partial charge in [-0.25, -0.2) is 9.59 Å². The summed E-state index contributed by atoms with van der Waals surface area (Å²) in [6, 6.07) is -0.436. The van der Waals surface area contributed by atoms with Crippen molar-refractivity contribution in [1.29, 1.82) is 0 Å². The molecule has 0 fully saturated rings. The maximum absolute atomic E-state index is 11.2. The number of methoxy groups -OCH3 is 1. The van der Waals surface area contributed by atoms with E-state index < -0.39 is 18.6 Å². The number of carbonyl (C=O) groups is 3. The van der Waals surface area contributed by atoms with E-state index in [-0.39, 0.29) is 32.0 Å². The smallest absolute Gasteiger partial charge is 0.329 e. The lowest BCUT2D eigenvalue weighted by molar-refractivity contribution is -0.142. The van der Waals surface area contributed by atoms with E-state index in [1.54, 1.807) is 0 Å². The summed E-state index contributed by atoms with van der Waals surface area (Å²) in [6.07, 6.45) is 0.173. The van der Waals surface area contributed by atoms with Gasteiger partial charge in [0.25, 0.3) is 0 Å². The average Bonchev–Trinajstić information content (AvgIpc) is 2.38. The quantitative estimate of drug-likeness (QED) is 0.345. The number of carboxylic acid groups (broad SMARTS) is 1. The van der Waals surface area contributed by atoms with Crippen LogP contribution in [0.15, 0.2) is 0 Å². The number of hydrogen-bond donors (Lipinski definition) is 4. The van der Waals surface area contributed by atoms with Gasteiger partial charge in [0, 0.05) is 33.2 Å². The first-order valence-electron chi connectivity index (χ1n) is 6.13. The summed E-state index contributed by atoms with van der Waals surface area (Å²) < 4.78 is 9.50. The fourth-order valence-corrected chi connectivity index (χ4v) is 1.13. The number of carboxylic acids is 1. The van der Waals surface area contributed by atoms with Gasteiger partial charge >= 0.3 is 12.0 Å². The first-order chi connectivity index (χ1) is 9.56. The lowest BCUT2D eigenvalue weighted by atomic mass is 10.4. The number of aliphatic carboxylic acids is 1. The van der Waals surface area contributed by atoms with Gasteiger partial charge in [-0.3, -0.25) is 4.79 Å². The Morgan fingerprint density at radius 1 is 1.00 bits per heavy atom.